The highest BCUT2D eigenvalue weighted by atomic mass is 35.5. The minimum absolute atomic E-state index is 0. The summed E-state index contributed by atoms with van der Waals surface area (Å²) in [5.74, 6) is 0.0371. The number of amides is 1. The fourth-order valence-corrected chi connectivity index (χ4v) is 5.63. The molecule has 0 spiro atoms. The van der Waals surface area contributed by atoms with Crippen molar-refractivity contribution in [3.8, 4) is 0 Å². The molecule has 1 atom stereocenters. The molecule has 1 saturated heterocycles. The molecule has 1 aliphatic heterocycles. The molecule has 0 saturated carbocycles. The Labute approximate surface area is 154 Å². The number of hydrogen-bond donors (Lipinski definition) is 2. The van der Waals surface area contributed by atoms with Gasteiger partial charge >= 0.3 is 0 Å². The highest BCUT2D eigenvalue weighted by Gasteiger charge is 2.24. The van der Waals surface area contributed by atoms with Crippen molar-refractivity contribution in [1.29, 1.82) is 0 Å². The molecular weight excluding hydrogens is 370 g/mol. The Kier molecular flexibility index (Phi) is 8.66. The number of halogens is 1. The SMILES string of the molecule is CCN(CC)S(=O)(=O)c1ccc(CCNC(=O)C2CCCN2)s1.Cl. The summed E-state index contributed by atoms with van der Waals surface area (Å²) in [6, 6.07) is 3.42. The second kappa shape index (κ2) is 9.72. The van der Waals surface area contributed by atoms with Crippen LogP contribution in [0.5, 0.6) is 0 Å². The van der Waals surface area contributed by atoms with Gasteiger partial charge in [0.25, 0.3) is 10.0 Å². The van der Waals surface area contributed by atoms with Crippen molar-refractivity contribution in [2.75, 3.05) is 26.2 Å². The van der Waals surface area contributed by atoms with Crippen LogP contribution in [0.25, 0.3) is 0 Å². The van der Waals surface area contributed by atoms with Gasteiger partial charge in [-0.2, -0.15) is 4.31 Å². The third-order valence-corrected chi connectivity index (χ3v) is 7.65. The van der Waals surface area contributed by atoms with Crippen molar-refractivity contribution in [2.45, 2.75) is 43.4 Å². The molecule has 1 aromatic rings. The maximum absolute atomic E-state index is 12.4. The maximum Gasteiger partial charge on any atom is 0.252 e. The number of rotatable bonds is 8. The average Bonchev–Trinajstić information content (AvgIpc) is 3.20. The monoisotopic (exact) mass is 395 g/mol. The summed E-state index contributed by atoms with van der Waals surface area (Å²) in [6.45, 7) is 6.04. The molecule has 1 aromatic heterocycles. The van der Waals surface area contributed by atoms with Gasteiger partial charge in [0.15, 0.2) is 0 Å². The van der Waals surface area contributed by atoms with E-state index >= 15 is 0 Å². The Morgan fingerprint density at radius 1 is 1.38 bits per heavy atom. The zero-order chi connectivity index (χ0) is 16.9. The van der Waals surface area contributed by atoms with Crippen molar-refractivity contribution < 1.29 is 13.2 Å². The lowest BCUT2D eigenvalue weighted by atomic mass is 10.2. The van der Waals surface area contributed by atoms with Crippen LogP contribution in [0.2, 0.25) is 0 Å². The average molecular weight is 396 g/mol. The maximum atomic E-state index is 12.4. The highest BCUT2D eigenvalue weighted by Crippen LogP contribution is 2.25. The van der Waals surface area contributed by atoms with E-state index in [1.165, 1.54) is 15.6 Å². The fourth-order valence-electron chi connectivity index (χ4n) is 2.66. The molecule has 1 aliphatic rings. The number of nitrogens with zero attached hydrogens (tertiary/aromatic N) is 1. The summed E-state index contributed by atoms with van der Waals surface area (Å²) in [5.41, 5.74) is 0. The lowest BCUT2D eigenvalue weighted by Crippen LogP contribution is -2.41. The Balaban J connectivity index is 0.00000288. The van der Waals surface area contributed by atoms with Crippen molar-refractivity contribution >= 4 is 39.7 Å². The first kappa shape index (κ1) is 21.4. The van der Waals surface area contributed by atoms with E-state index in [2.05, 4.69) is 10.6 Å². The summed E-state index contributed by atoms with van der Waals surface area (Å²) in [6.07, 6.45) is 2.57. The molecule has 24 heavy (non-hydrogen) atoms. The first-order chi connectivity index (χ1) is 11.0. The van der Waals surface area contributed by atoms with Crippen LogP contribution in [0.4, 0.5) is 0 Å². The Morgan fingerprint density at radius 2 is 2.08 bits per heavy atom. The van der Waals surface area contributed by atoms with Gasteiger partial charge in [0.2, 0.25) is 5.91 Å². The van der Waals surface area contributed by atoms with Crippen molar-refractivity contribution in [3.05, 3.63) is 17.0 Å². The first-order valence-corrected chi connectivity index (χ1v) is 10.3. The van der Waals surface area contributed by atoms with Crippen LogP contribution in [0.3, 0.4) is 0 Å². The first-order valence-electron chi connectivity index (χ1n) is 8.09. The van der Waals surface area contributed by atoms with Gasteiger partial charge in [-0.3, -0.25) is 4.79 Å². The third-order valence-electron chi connectivity index (χ3n) is 3.98. The predicted molar refractivity (Wildman–Crippen MR) is 99.4 cm³/mol. The number of nitrogens with one attached hydrogen (secondary N) is 2. The Bertz CT molecular complexity index is 624. The topological polar surface area (TPSA) is 78.5 Å². The van der Waals surface area contributed by atoms with E-state index in [4.69, 9.17) is 0 Å². The molecule has 0 bridgehead atoms. The number of sulfonamides is 1. The molecule has 9 heteroatoms. The van der Waals surface area contributed by atoms with Gasteiger partial charge in [-0.05, 0) is 37.9 Å². The zero-order valence-electron chi connectivity index (χ0n) is 14.1. The van der Waals surface area contributed by atoms with E-state index in [-0.39, 0.29) is 24.4 Å². The number of carbonyl (C=O) groups is 1. The smallest absolute Gasteiger partial charge is 0.252 e. The number of thiophene rings is 1. The standard InChI is InChI=1S/C15H25N3O3S2.ClH/c1-3-18(4-2)23(20,21)14-8-7-12(22-14)9-11-17-15(19)13-6-5-10-16-13;/h7-8,13,16H,3-6,9-11H2,1-2H3,(H,17,19);1H. The van der Waals surface area contributed by atoms with E-state index in [1.54, 1.807) is 6.07 Å². The van der Waals surface area contributed by atoms with Gasteiger partial charge < -0.3 is 10.6 Å². The van der Waals surface area contributed by atoms with Gasteiger partial charge in [-0.25, -0.2) is 8.42 Å². The number of hydrogen-bond acceptors (Lipinski definition) is 5. The van der Waals surface area contributed by atoms with Crippen LogP contribution >= 0.6 is 23.7 Å². The summed E-state index contributed by atoms with van der Waals surface area (Å²) in [7, 11) is -3.38. The van der Waals surface area contributed by atoms with Crippen LogP contribution in [0, 0.1) is 0 Å². The van der Waals surface area contributed by atoms with Crippen LogP contribution in [0.15, 0.2) is 16.3 Å². The second-order valence-electron chi connectivity index (χ2n) is 5.50. The van der Waals surface area contributed by atoms with Gasteiger partial charge in [0.1, 0.15) is 4.21 Å². The van der Waals surface area contributed by atoms with E-state index in [1.807, 2.05) is 19.9 Å². The van der Waals surface area contributed by atoms with E-state index in [0.717, 1.165) is 24.3 Å². The van der Waals surface area contributed by atoms with Gasteiger partial charge in [-0.1, -0.05) is 13.8 Å². The third kappa shape index (κ3) is 5.16. The predicted octanol–water partition coefficient (Wildman–Crippen LogP) is 1.61. The zero-order valence-corrected chi connectivity index (χ0v) is 16.5. The molecule has 2 rings (SSSR count). The van der Waals surface area contributed by atoms with Crippen LogP contribution < -0.4 is 10.6 Å². The normalized spacial score (nSPS) is 17.7. The molecule has 2 heterocycles. The van der Waals surface area contributed by atoms with Gasteiger partial charge in [-0.15, -0.1) is 23.7 Å². The van der Waals surface area contributed by atoms with Crippen molar-refractivity contribution in [3.63, 3.8) is 0 Å². The quantitative estimate of drug-likeness (QED) is 0.701. The minimum atomic E-state index is -3.38. The summed E-state index contributed by atoms with van der Waals surface area (Å²) < 4.78 is 26.7. The Hall–Kier alpha value is -0.670. The summed E-state index contributed by atoms with van der Waals surface area (Å²) in [4.78, 5) is 12.9. The molecular formula is C15H26ClN3O3S2. The van der Waals surface area contributed by atoms with E-state index in [9.17, 15) is 13.2 Å². The van der Waals surface area contributed by atoms with E-state index in [0.29, 0.717) is 30.3 Å². The lowest BCUT2D eigenvalue weighted by molar-refractivity contribution is -0.122. The lowest BCUT2D eigenvalue weighted by Gasteiger charge is -2.16. The molecule has 1 amide bonds. The molecule has 2 N–H and O–H groups in total. The van der Waals surface area contributed by atoms with Crippen LogP contribution in [-0.2, 0) is 21.2 Å². The van der Waals surface area contributed by atoms with Gasteiger partial charge in [0, 0.05) is 24.5 Å². The van der Waals surface area contributed by atoms with Gasteiger partial charge in [0.05, 0.1) is 6.04 Å². The molecule has 1 unspecified atom stereocenters. The van der Waals surface area contributed by atoms with E-state index < -0.39 is 10.0 Å². The largest absolute Gasteiger partial charge is 0.354 e. The van der Waals surface area contributed by atoms with Crippen LogP contribution in [0.1, 0.15) is 31.6 Å². The van der Waals surface area contributed by atoms with Crippen molar-refractivity contribution in [1.82, 2.24) is 14.9 Å². The van der Waals surface area contributed by atoms with Crippen LogP contribution in [-0.4, -0.2) is 50.9 Å². The molecule has 0 aromatic carbocycles. The Morgan fingerprint density at radius 3 is 2.67 bits per heavy atom. The summed E-state index contributed by atoms with van der Waals surface area (Å²) in [5, 5.41) is 6.07. The second-order valence-corrected chi connectivity index (χ2v) is 8.83. The fraction of sp³-hybridized carbons (Fsp3) is 0.667. The highest BCUT2D eigenvalue weighted by molar-refractivity contribution is 7.91. The molecule has 138 valence electrons. The molecule has 0 aliphatic carbocycles. The minimum Gasteiger partial charge on any atom is -0.354 e. The molecule has 0 radical (unpaired) electrons. The van der Waals surface area contributed by atoms with Crippen molar-refractivity contribution in [2.24, 2.45) is 0 Å². The molecule has 1 fully saturated rings. The molecule has 6 nitrogen and oxygen atoms in total. The summed E-state index contributed by atoms with van der Waals surface area (Å²) >= 11 is 1.29. The number of carbonyl (C=O) groups excluding carboxylic acids is 1.